The van der Waals surface area contributed by atoms with Crippen molar-refractivity contribution in [2.24, 2.45) is 0 Å². The van der Waals surface area contributed by atoms with Crippen LogP contribution in [-0.4, -0.2) is 30.2 Å². The van der Waals surface area contributed by atoms with Crippen molar-refractivity contribution in [3.63, 3.8) is 0 Å². The van der Waals surface area contributed by atoms with Gasteiger partial charge in [0.05, 0.1) is 18.8 Å². The number of hydrogen-bond acceptors (Lipinski definition) is 5. The Morgan fingerprint density at radius 3 is 2.37 bits per heavy atom. The Bertz CT molecular complexity index is 841. The van der Waals surface area contributed by atoms with E-state index >= 15 is 0 Å². The number of hydrogen-bond donors (Lipinski definition) is 2. The van der Waals surface area contributed by atoms with E-state index in [2.05, 4.69) is 10.6 Å². The molecule has 0 aliphatic rings. The monoisotopic (exact) mass is 448 g/mol. The van der Waals surface area contributed by atoms with E-state index in [-0.39, 0.29) is 23.4 Å². The molecule has 0 aromatic heterocycles. The van der Waals surface area contributed by atoms with Crippen LogP contribution in [0.15, 0.2) is 48.5 Å². The summed E-state index contributed by atoms with van der Waals surface area (Å²) in [6.07, 6.45) is 2.63. The van der Waals surface area contributed by atoms with Crippen LogP contribution in [0.3, 0.4) is 0 Å². The molecule has 0 fully saturated rings. The summed E-state index contributed by atoms with van der Waals surface area (Å²) in [6.45, 7) is 2.85. The number of carbonyl (C=O) groups is 2. The molecule has 8 heteroatoms. The second-order valence-corrected chi connectivity index (χ2v) is 7.32. The standard InChI is InChI=1S/C22H25ClN2O4S/c1-2-3-14-29-21(27)16-6-10-18(11-7-16)24-22(30)25-20(26)5-4-15-28-19-12-8-17(23)9-13-19/h6-13H,2-5,14-15H2,1H3,(H2,24,25,26,30). The van der Waals surface area contributed by atoms with Crippen LogP contribution in [-0.2, 0) is 9.53 Å². The van der Waals surface area contributed by atoms with Gasteiger partial charge < -0.3 is 20.1 Å². The van der Waals surface area contributed by atoms with Crippen LogP contribution < -0.4 is 15.4 Å². The number of rotatable bonds is 10. The fourth-order valence-corrected chi connectivity index (χ4v) is 2.74. The minimum atomic E-state index is -0.355. The van der Waals surface area contributed by atoms with Gasteiger partial charge >= 0.3 is 5.97 Å². The summed E-state index contributed by atoms with van der Waals surface area (Å²) in [4.78, 5) is 23.9. The summed E-state index contributed by atoms with van der Waals surface area (Å²) < 4.78 is 10.7. The van der Waals surface area contributed by atoms with E-state index in [1.54, 1.807) is 48.5 Å². The van der Waals surface area contributed by atoms with Crippen LogP contribution in [0.2, 0.25) is 5.02 Å². The Labute approximate surface area is 186 Å². The first-order chi connectivity index (χ1) is 14.5. The van der Waals surface area contributed by atoms with Crippen molar-refractivity contribution < 1.29 is 19.1 Å². The van der Waals surface area contributed by atoms with Crippen LogP contribution in [0.4, 0.5) is 5.69 Å². The van der Waals surface area contributed by atoms with Gasteiger partial charge in [0, 0.05) is 17.1 Å². The van der Waals surface area contributed by atoms with Crippen molar-refractivity contribution in [3.8, 4) is 5.75 Å². The quantitative estimate of drug-likeness (QED) is 0.303. The van der Waals surface area contributed by atoms with Crippen molar-refractivity contribution in [1.82, 2.24) is 5.32 Å². The first kappa shape index (κ1) is 23.6. The van der Waals surface area contributed by atoms with Crippen LogP contribution in [0, 0.1) is 0 Å². The summed E-state index contributed by atoms with van der Waals surface area (Å²) in [5.74, 6) is 0.143. The summed E-state index contributed by atoms with van der Waals surface area (Å²) in [7, 11) is 0. The zero-order chi connectivity index (χ0) is 21.8. The molecule has 2 aromatic carbocycles. The second kappa shape index (κ2) is 12.8. The van der Waals surface area contributed by atoms with E-state index in [1.807, 2.05) is 6.92 Å². The number of nitrogens with one attached hydrogen (secondary N) is 2. The summed E-state index contributed by atoms with van der Waals surface area (Å²) in [5.41, 5.74) is 1.13. The zero-order valence-electron chi connectivity index (χ0n) is 16.8. The van der Waals surface area contributed by atoms with Gasteiger partial charge in [-0.05, 0) is 73.6 Å². The molecule has 0 spiro atoms. The van der Waals surface area contributed by atoms with Crippen molar-refractivity contribution in [1.29, 1.82) is 0 Å². The lowest BCUT2D eigenvalue weighted by Crippen LogP contribution is -2.34. The molecular weight excluding hydrogens is 424 g/mol. The van der Waals surface area contributed by atoms with Gasteiger partial charge in [-0.3, -0.25) is 4.79 Å². The first-order valence-electron chi connectivity index (χ1n) is 9.74. The molecule has 0 heterocycles. The van der Waals surface area contributed by atoms with Crippen LogP contribution in [0.1, 0.15) is 43.0 Å². The number of esters is 1. The van der Waals surface area contributed by atoms with Crippen molar-refractivity contribution >= 4 is 46.5 Å². The molecule has 0 saturated heterocycles. The Morgan fingerprint density at radius 1 is 1.00 bits per heavy atom. The normalized spacial score (nSPS) is 10.2. The Balaban J connectivity index is 1.67. The number of thiocarbonyl (C=S) groups is 1. The molecule has 0 unspecified atom stereocenters. The zero-order valence-corrected chi connectivity index (χ0v) is 18.4. The number of unbranched alkanes of at least 4 members (excludes halogenated alkanes) is 1. The highest BCUT2D eigenvalue weighted by atomic mass is 35.5. The van der Waals surface area contributed by atoms with Gasteiger partial charge in [0.1, 0.15) is 5.75 Å². The van der Waals surface area contributed by atoms with Crippen LogP contribution >= 0.6 is 23.8 Å². The van der Waals surface area contributed by atoms with Gasteiger partial charge in [-0.2, -0.15) is 0 Å². The van der Waals surface area contributed by atoms with Crippen molar-refractivity contribution in [2.45, 2.75) is 32.6 Å². The SMILES string of the molecule is CCCCOC(=O)c1ccc(NC(=S)NC(=O)CCCOc2ccc(Cl)cc2)cc1. The van der Waals surface area contributed by atoms with Gasteiger partial charge in [-0.1, -0.05) is 24.9 Å². The average molecular weight is 449 g/mol. The maximum Gasteiger partial charge on any atom is 0.338 e. The Hall–Kier alpha value is -2.64. The highest BCUT2D eigenvalue weighted by Crippen LogP contribution is 2.15. The Kier molecular flexibility index (Phi) is 10.1. The lowest BCUT2D eigenvalue weighted by Gasteiger charge is -2.10. The number of carbonyl (C=O) groups excluding carboxylic acids is 2. The molecule has 2 aromatic rings. The molecule has 1 amide bonds. The molecule has 30 heavy (non-hydrogen) atoms. The van der Waals surface area contributed by atoms with Gasteiger partial charge in [-0.15, -0.1) is 0 Å². The van der Waals surface area contributed by atoms with E-state index in [1.165, 1.54) is 0 Å². The first-order valence-corrected chi connectivity index (χ1v) is 10.5. The third kappa shape index (κ3) is 8.80. The molecule has 0 bridgehead atoms. The van der Waals surface area contributed by atoms with Gasteiger partial charge in [0.15, 0.2) is 5.11 Å². The summed E-state index contributed by atoms with van der Waals surface area (Å²) in [6, 6.07) is 13.7. The molecule has 0 aliphatic heterocycles. The number of benzene rings is 2. The molecule has 2 rings (SSSR count). The highest BCUT2D eigenvalue weighted by molar-refractivity contribution is 7.80. The molecular formula is C22H25ClN2O4S. The van der Waals surface area contributed by atoms with Crippen molar-refractivity contribution in [2.75, 3.05) is 18.5 Å². The van der Waals surface area contributed by atoms with Crippen LogP contribution in [0.25, 0.3) is 0 Å². The van der Waals surface area contributed by atoms with Crippen LogP contribution in [0.5, 0.6) is 5.75 Å². The maximum atomic E-state index is 12.0. The molecule has 6 nitrogen and oxygen atoms in total. The Morgan fingerprint density at radius 2 is 1.70 bits per heavy atom. The van der Waals surface area contributed by atoms with Crippen molar-refractivity contribution in [3.05, 3.63) is 59.1 Å². The molecule has 2 N–H and O–H groups in total. The molecule has 0 atom stereocenters. The van der Waals surface area contributed by atoms with Gasteiger partial charge in [-0.25, -0.2) is 4.79 Å². The number of halogens is 1. The fraction of sp³-hybridized carbons (Fsp3) is 0.318. The fourth-order valence-electron chi connectivity index (χ4n) is 2.39. The largest absolute Gasteiger partial charge is 0.494 e. The highest BCUT2D eigenvalue weighted by Gasteiger charge is 2.08. The smallest absolute Gasteiger partial charge is 0.338 e. The average Bonchev–Trinajstić information content (AvgIpc) is 2.73. The molecule has 0 saturated carbocycles. The third-order valence-electron chi connectivity index (χ3n) is 3.99. The number of amides is 1. The van der Waals surface area contributed by atoms with E-state index in [0.29, 0.717) is 41.7 Å². The maximum absolute atomic E-state index is 12.0. The number of anilines is 1. The molecule has 0 aliphatic carbocycles. The predicted molar refractivity (Wildman–Crippen MR) is 122 cm³/mol. The summed E-state index contributed by atoms with van der Waals surface area (Å²) in [5, 5.41) is 6.37. The predicted octanol–water partition coefficient (Wildman–Crippen LogP) is 4.97. The summed E-state index contributed by atoms with van der Waals surface area (Å²) >= 11 is 11.0. The van der Waals surface area contributed by atoms with E-state index < -0.39 is 0 Å². The van der Waals surface area contributed by atoms with E-state index in [0.717, 1.165) is 12.8 Å². The second-order valence-electron chi connectivity index (χ2n) is 6.48. The topological polar surface area (TPSA) is 76.7 Å². The minimum absolute atomic E-state index is 0.192. The number of ether oxygens (including phenoxy) is 2. The lowest BCUT2D eigenvalue weighted by atomic mass is 10.2. The van der Waals surface area contributed by atoms with E-state index in [9.17, 15) is 9.59 Å². The van der Waals surface area contributed by atoms with Gasteiger partial charge in [0.2, 0.25) is 5.91 Å². The third-order valence-corrected chi connectivity index (χ3v) is 4.45. The lowest BCUT2D eigenvalue weighted by molar-refractivity contribution is -0.119. The molecule has 0 radical (unpaired) electrons. The van der Waals surface area contributed by atoms with E-state index in [4.69, 9.17) is 33.3 Å². The minimum Gasteiger partial charge on any atom is -0.494 e. The van der Waals surface area contributed by atoms with Gasteiger partial charge in [0.25, 0.3) is 0 Å². The molecule has 160 valence electrons.